The highest BCUT2D eigenvalue weighted by Crippen LogP contribution is 2.25. The molecule has 3 rings (SSSR count). The average molecular weight is 412 g/mol. The maximum atomic E-state index is 11.9. The smallest absolute Gasteiger partial charge is 0.329 e. The van der Waals surface area contributed by atoms with Gasteiger partial charge in [-0.2, -0.15) is 5.10 Å². The van der Waals surface area contributed by atoms with E-state index in [-0.39, 0.29) is 22.1 Å². The Morgan fingerprint density at radius 1 is 1.14 bits per heavy atom. The van der Waals surface area contributed by atoms with Crippen molar-refractivity contribution in [2.75, 3.05) is 5.32 Å². The number of carbonyl (C=O) groups is 2. The topological polar surface area (TPSA) is 160 Å². The van der Waals surface area contributed by atoms with Crippen LogP contribution in [0.2, 0.25) is 0 Å². The van der Waals surface area contributed by atoms with Gasteiger partial charge in [-0.1, -0.05) is 41.7 Å². The van der Waals surface area contributed by atoms with Crippen LogP contribution in [0.3, 0.4) is 0 Å². The number of amides is 2. The predicted molar refractivity (Wildman–Crippen MR) is 104 cm³/mol. The number of nitro benzene ring substituents is 1. The number of phenolic OH excluding ortho intramolecular Hbond substituents is 1. The molecule has 146 valence electrons. The molecule has 3 N–H and O–H groups in total. The van der Waals surface area contributed by atoms with Gasteiger partial charge in [0.15, 0.2) is 0 Å². The molecular formula is C17H12N6O5S. The van der Waals surface area contributed by atoms with Crippen LogP contribution in [0, 0.1) is 10.1 Å². The first-order chi connectivity index (χ1) is 13.9. The van der Waals surface area contributed by atoms with Crippen LogP contribution in [-0.4, -0.2) is 38.3 Å². The second-order valence-electron chi connectivity index (χ2n) is 5.43. The van der Waals surface area contributed by atoms with Gasteiger partial charge in [0.05, 0.1) is 11.1 Å². The Hall–Kier alpha value is -4.19. The highest BCUT2D eigenvalue weighted by atomic mass is 32.1. The van der Waals surface area contributed by atoms with Gasteiger partial charge in [-0.25, -0.2) is 5.43 Å². The number of anilines is 1. The van der Waals surface area contributed by atoms with Gasteiger partial charge in [0, 0.05) is 23.3 Å². The van der Waals surface area contributed by atoms with Crippen molar-refractivity contribution in [1.29, 1.82) is 0 Å². The quantitative estimate of drug-likeness (QED) is 0.250. The molecule has 0 aliphatic heterocycles. The molecule has 3 aromatic rings. The molecule has 0 aliphatic carbocycles. The van der Waals surface area contributed by atoms with E-state index in [4.69, 9.17) is 0 Å². The lowest BCUT2D eigenvalue weighted by Gasteiger charge is -2.00. The number of nitrogens with one attached hydrogen (secondary N) is 2. The van der Waals surface area contributed by atoms with Gasteiger partial charge in [0.2, 0.25) is 5.13 Å². The van der Waals surface area contributed by atoms with Gasteiger partial charge in [0.1, 0.15) is 10.8 Å². The zero-order chi connectivity index (χ0) is 20.8. The normalized spacial score (nSPS) is 10.6. The fraction of sp³-hybridized carbons (Fsp3) is 0. The average Bonchev–Trinajstić information content (AvgIpc) is 3.18. The third kappa shape index (κ3) is 4.95. The molecule has 0 aliphatic rings. The van der Waals surface area contributed by atoms with E-state index in [9.17, 15) is 24.8 Å². The number of aromatic hydroxyl groups is 1. The summed E-state index contributed by atoms with van der Waals surface area (Å²) < 4.78 is 0. The van der Waals surface area contributed by atoms with Gasteiger partial charge < -0.3 is 5.11 Å². The summed E-state index contributed by atoms with van der Waals surface area (Å²) in [7, 11) is 0. The second-order valence-corrected chi connectivity index (χ2v) is 6.41. The maximum Gasteiger partial charge on any atom is 0.329 e. The first-order valence-electron chi connectivity index (χ1n) is 7.95. The summed E-state index contributed by atoms with van der Waals surface area (Å²) in [5.74, 6) is -2.40. The summed E-state index contributed by atoms with van der Waals surface area (Å²) in [6, 6.07) is 12.5. The van der Waals surface area contributed by atoms with Crippen LogP contribution >= 0.6 is 11.3 Å². The molecule has 0 bridgehead atoms. The number of aromatic nitrogens is 2. The Bertz CT molecular complexity index is 1100. The zero-order valence-corrected chi connectivity index (χ0v) is 15.3. The van der Waals surface area contributed by atoms with E-state index in [0.29, 0.717) is 5.01 Å². The summed E-state index contributed by atoms with van der Waals surface area (Å²) >= 11 is 1.09. The molecule has 0 saturated carbocycles. The van der Waals surface area contributed by atoms with Crippen LogP contribution in [0.25, 0.3) is 10.6 Å². The fourth-order valence-corrected chi connectivity index (χ4v) is 2.84. The van der Waals surface area contributed by atoms with Gasteiger partial charge in [0.25, 0.3) is 5.69 Å². The summed E-state index contributed by atoms with van der Waals surface area (Å²) in [4.78, 5) is 33.8. The predicted octanol–water partition coefficient (Wildman–Crippen LogP) is 1.91. The molecule has 0 atom stereocenters. The van der Waals surface area contributed by atoms with Gasteiger partial charge in [-0.05, 0) is 6.07 Å². The third-order valence-corrected chi connectivity index (χ3v) is 4.35. The molecule has 0 unspecified atom stereocenters. The number of rotatable bonds is 5. The first kappa shape index (κ1) is 19.6. The van der Waals surface area contributed by atoms with E-state index in [1.54, 1.807) is 0 Å². The molecule has 29 heavy (non-hydrogen) atoms. The second kappa shape index (κ2) is 8.67. The molecule has 0 spiro atoms. The minimum absolute atomic E-state index is 0.00321. The van der Waals surface area contributed by atoms with Crippen LogP contribution in [-0.2, 0) is 9.59 Å². The highest BCUT2D eigenvalue weighted by Gasteiger charge is 2.16. The van der Waals surface area contributed by atoms with E-state index in [0.717, 1.165) is 41.3 Å². The fourth-order valence-electron chi connectivity index (χ4n) is 2.10. The van der Waals surface area contributed by atoms with Crippen molar-refractivity contribution in [1.82, 2.24) is 15.6 Å². The minimum Gasteiger partial charge on any atom is -0.507 e. The molecule has 1 heterocycles. The van der Waals surface area contributed by atoms with Crippen LogP contribution in [0.15, 0.2) is 53.6 Å². The van der Waals surface area contributed by atoms with Crippen molar-refractivity contribution in [3.63, 3.8) is 0 Å². The SMILES string of the molecule is O=C(N/N=C\c1cc([N+](=O)[O-])ccc1O)C(=O)Nc1nnc(-c2ccccc2)s1. The molecule has 0 radical (unpaired) electrons. The van der Waals surface area contributed by atoms with Crippen molar-refractivity contribution in [2.45, 2.75) is 0 Å². The maximum absolute atomic E-state index is 11.9. The number of nitrogens with zero attached hydrogens (tertiary/aromatic N) is 4. The summed E-state index contributed by atoms with van der Waals surface area (Å²) in [6.07, 6.45) is 0.978. The molecule has 2 aromatic carbocycles. The number of carbonyl (C=O) groups excluding carboxylic acids is 2. The number of hydrogen-bond acceptors (Lipinski definition) is 9. The lowest BCUT2D eigenvalue weighted by atomic mass is 10.2. The van der Waals surface area contributed by atoms with Crippen LogP contribution in [0.5, 0.6) is 5.75 Å². The number of phenols is 1. The highest BCUT2D eigenvalue weighted by molar-refractivity contribution is 7.18. The van der Waals surface area contributed by atoms with Crippen LogP contribution < -0.4 is 10.7 Å². The molecule has 0 saturated heterocycles. The molecular weight excluding hydrogens is 400 g/mol. The van der Waals surface area contributed by atoms with Crippen molar-refractivity contribution >= 4 is 40.2 Å². The Labute approximate surface area is 166 Å². The van der Waals surface area contributed by atoms with Crippen molar-refractivity contribution in [3.8, 4) is 16.3 Å². The minimum atomic E-state index is -1.09. The van der Waals surface area contributed by atoms with Crippen LogP contribution in [0.1, 0.15) is 5.56 Å². The molecule has 11 nitrogen and oxygen atoms in total. The first-order valence-corrected chi connectivity index (χ1v) is 8.76. The number of non-ortho nitro benzene ring substituents is 1. The van der Waals surface area contributed by atoms with Gasteiger partial charge in [-0.15, -0.1) is 10.2 Å². The van der Waals surface area contributed by atoms with E-state index < -0.39 is 16.7 Å². The monoisotopic (exact) mass is 412 g/mol. The summed E-state index contributed by atoms with van der Waals surface area (Å²) in [5, 5.41) is 34.7. The van der Waals surface area contributed by atoms with Crippen molar-refractivity contribution in [3.05, 3.63) is 64.2 Å². The van der Waals surface area contributed by atoms with E-state index in [2.05, 4.69) is 20.6 Å². The standard InChI is InChI=1S/C17H12N6O5S/c24-13-7-6-12(23(27)28)8-11(13)9-18-20-15(26)14(25)19-17-22-21-16(29-17)10-4-2-1-3-5-10/h1-9,24H,(H,20,26)(H,19,22,25)/b18-9-. The molecule has 2 amide bonds. The largest absolute Gasteiger partial charge is 0.507 e. The number of benzene rings is 2. The van der Waals surface area contributed by atoms with Crippen LogP contribution in [0.4, 0.5) is 10.8 Å². The number of hydrazone groups is 1. The number of hydrogen-bond donors (Lipinski definition) is 3. The Kier molecular flexibility index (Phi) is 5.85. The zero-order valence-electron chi connectivity index (χ0n) is 14.5. The Morgan fingerprint density at radius 2 is 1.90 bits per heavy atom. The molecule has 1 aromatic heterocycles. The summed E-state index contributed by atoms with van der Waals surface area (Å²) in [5.41, 5.74) is 2.51. The van der Waals surface area contributed by atoms with E-state index in [1.807, 2.05) is 35.8 Å². The van der Waals surface area contributed by atoms with E-state index in [1.165, 1.54) is 0 Å². The molecule has 0 fully saturated rings. The Morgan fingerprint density at radius 3 is 2.62 bits per heavy atom. The van der Waals surface area contributed by atoms with Gasteiger partial charge in [-0.3, -0.25) is 25.0 Å². The Balaban J connectivity index is 1.60. The van der Waals surface area contributed by atoms with Gasteiger partial charge >= 0.3 is 11.8 Å². The van der Waals surface area contributed by atoms with Crippen molar-refractivity contribution in [2.24, 2.45) is 5.10 Å². The summed E-state index contributed by atoms with van der Waals surface area (Å²) in [6.45, 7) is 0. The lowest BCUT2D eigenvalue weighted by molar-refractivity contribution is -0.384. The molecule has 12 heteroatoms. The number of nitro groups is 1. The van der Waals surface area contributed by atoms with Crippen molar-refractivity contribution < 1.29 is 19.6 Å². The third-order valence-electron chi connectivity index (χ3n) is 3.46. The van der Waals surface area contributed by atoms with E-state index >= 15 is 0 Å². The lowest BCUT2D eigenvalue weighted by Crippen LogP contribution is -2.32.